The van der Waals surface area contributed by atoms with E-state index in [9.17, 15) is 18.3 Å². The lowest BCUT2D eigenvalue weighted by Gasteiger charge is -2.22. The Bertz CT molecular complexity index is 586. The van der Waals surface area contributed by atoms with Gasteiger partial charge in [0.05, 0.1) is 12.5 Å². The Morgan fingerprint density at radius 2 is 2.00 bits per heavy atom. The summed E-state index contributed by atoms with van der Waals surface area (Å²) in [5, 5.41) is 18.5. The maximum absolute atomic E-state index is 12.0. The third-order valence-corrected chi connectivity index (χ3v) is 5.58. The molecule has 6 nitrogen and oxygen atoms in total. The van der Waals surface area contributed by atoms with Crippen LogP contribution in [0.2, 0.25) is 0 Å². The first kappa shape index (κ1) is 18.1. The van der Waals surface area contributed by atoms with Crippen LogP contribution in [-0.4, -0.2) is 37.2 Å². The van der Waals surface area contributed by atoms with E-state index in [1.807, 2.05) is 20.8 Å². The zero-order valence-corrected chi connectivity index (χ0v) is 13.9. The van der Waals surface area contributed by atoms with Gasteiger partial charge in [0.15, 0.2) is 0 Å². The molecule has 3 N–H and O–H groups in total. The summed E-state index contributed by atoms with van der Waals surface area (Å²) in [4.78, 5) is 11.1. The number of carboxylic acids is 1. The minimum Gasteiger partial charge on any atom is -0.481 e. The van der Waals surface area contributed by atoms with E-state index in [1.54, 1.807) is 0 Å². The van der Waals surface area contributed by atoms with E-state index in [2.05, 4.69) is 4.72 Å². The Labute approximate surface area is 128 Å². The van der Waals surface area contributed by atoms with Crippen molar-refractivity contribution in [2.24, 2.45) is 5.41 Å². The largest absolute Gasteiger partial charge is 0.481 e. The summed E-state index contributed by atoms with van der Waals surface area (Å²) in [7, 11) is -3.71. The zero-order chi connectivity index (χ0) is 16.3. The smallest absolute Gasteiger partial charge is 0.308 e. The average Bonchev–Trinajstić information content (AvgIpc) is 2.72. The van der Waals surface area contributed by atoms with Gasteiger partial charge in [0.25, 0.3) is 0 Å². The Hall–Kier alpha value is -0.960. The van der Waals surface area contributed by atoms with Crippen LogP contribution in [0.3, 0.4) is 0 Å². The number of aliphatic hydroxyl groups excluding tert-OH is 1. The monoisotopic (exact) mass is 335 g/mol. The molecule has 1 aromatic rings. The maximum atomic E-state index is 12.0. The van der Waals surface area contributed by atoms with Gasteiger partial charge in [-0.05, 0) is 24.0 Å². The Kier molecular flexibility index (Phi) is 5.92. The molecule has 0 fully saturated rings. The van der Waals surface area contributed by atoms with Crippen molar-refractivity contribution in [1.82, 2.24) is 4.72 Å². The lowest BCUT2D eigenvalue weighted by Crippen LogP contribution is -2.33. The van der Waals surface area contributed by atoms with E-state index in [0.29, 0.717) is 11.3 Å². The number of aliphatic carboxylic acids is 1. The van der Waals surface area contributed by atoms with Gasteiger partial charge in [0.1, 0.15) is 4.21 Å². The molecule has 0 aliphatic carbocycles. The number of rotatable bonds is 7. The van der Waals surface area contributed by atoms with E-state index in [4.69, 9.17) is 5.11 Å². The topological polar surface area (TPSA) is 104 Å². The highest BCUT2D eigenvalue weighted by molar-refractivity contribution is 7.91. The highest BCUT2D eigenvalue weighted by Crippen LogP contribution is 2.23. The third kappa shape index (κ3) is 6.56. The summed E-state index contributed by atoms with van der Waals surface area (Å²) in [5.41, 5.74) is -0.0948. The number of sulfonamides is 1. The molecule has 0 bridgehead atoms. The van der Waals surface area contributed by atoms with Gasteiger partial charge < -0.3 is 10.2 Å². The second-order valence-electron chi connectivity index (χ2n) is 6.06. The van der Waals surface area contributed by atoms with Crippen LogP contribution < -0.4 is 4.72 Å². The maximum Gasteiger partial charge on any atom is 0.308 e. The number of thiophene rings is 1. The minimum atomic E-state index is -3.71. The van der Waals surface area contributed by atoms with Crippen LogP contribution in [0, 0.1) is 5.41 Å². The van der Waals surface area contributed by atoms with E-state index < -0.39 is 22.1 Å². The summed E-state index contributed by atoms with van der Waals surface area (Å²) in [5.74, 6) is -1.01. The quantitative estimate of drug-likeness (QED) is 0.700. The normalized spacial score (nSPS) is 14.1. The summed E-state index contributed by atoms with van der Waals surface area (Å²) in [6.45, 7) is 5.82. The van der Waals surface area contributed by atoms with Crippen molar-refractivity contribution in [3.8, 4) is 0 Å². The Morgan fingerprint density at radius 1 is 1.38 bits per heavy atom. The molecule has 1 heterocycles. The summed E-state index contributed by atoms with van der Waals surface area (Å²) in [6.07, 6.45) is -0.491. The summed E-state index contributed by atoms with van der Waals surface area (Å²) < 4.78 is 26.5. The van der Waals surface area contributed by atoms with Crippen molar-refractivity contribution in [3.63, 3.8) is 0 Å². The standard InChI is InChI=1S/C13H21NO5S2/c1-13(2,3)7-9(15)8-14-21(18,19)12-5-4-10(20-12)6-11(16)17/h4-5,9,14-15H,6-8H2,1-3H3,(H,16,17). The number of nitrogens with one attached hydrogen (secondary N) is 1. The summed E-state index contributed by atoms with van der Waals surface area (Å²) >= 11 is 0.920. The lowest BCUT2D eigenvalue weighted by molar-refractivity contribution is -0.136. The second-order valence-corrected chi connectivity index (χ2v) is 9.22. The predicted molar refractivity (Wildman–Crippen MR) is 80.9 cm³/mol. The number of carboxylic acid groups (broad SMARTS) is 1. The second kappa shape index (κ2) is 6.87. The first-order valence-electron chi connectivity index (χ1n) is 6.48. The van der Waals surface area contributed by atoms with E-state index in [-0.39, 0.29) is 22.6 Å². The molecule has 0 amide bonds. The number of aliphatic hydroxyl groups is 1. The zero-order valence-electron chi connectivity index (χ0n) is 12.3. The van der Waals surface area contributed by atoms with Crippen LogP contribution in [0.15, 0.2) is 16.3 Å². The molecule has 1 rings (SSSR count). The first-order chi connectivity index (χ1) is 9.49. The number of hydrogen-bond acceptors (Lipinski definition) is 5. The Morgan fingerprint density at radius 3 is 2.52 bits per heavy atom. The lowest BCUT2D eigenvalue weighted by atomic mass is 9.89. The molecule has 1 unspecified atom stereocenters. The van der Waals surface area contributed by atoms with Crippen molar-refractivity contribution in [2.75, 3.05) is 6.54 Å². The van der Waals surface area contributed by atoms with Gasteiger partial charge in [-0.2, -0.15) is 0 Å². The number of hydrogen-bond donors (Lipinski definition) is 3. The summed E-state index contributed by atoms with van der Waals surface area (Å²) in [6, 6.07) is 2.86. The van der Waals surface area contributed by atoms with Crippen molar-refractivity contribution in [2.45, 2.75) is 43.9 Å². The highest BCUT2D eigenvalue weighted by Gasteiger charge is 2.21. The molecule has 0 radical (unpaired) electrons. The van der Waals surface area contributed by atoms with Crippen LogP contribution in [0.4, 0.5) is 0 Å². The van der Waals surface area contributed by atoms with Crippen LogP contribution in [-0.2, 0) is 21.2 Å². The fraction of sp³-hybridized carbons (Fsp3) is 0.615. The Balaban J connectivity index is 2.65. The van der Waals surface area contributed by atoms with Gasteiger partial charge in [-0.3, -0.25) is 4.79 Å². The average molecular weight is 335 g/mol. The third-order valence-electron chi connectivity index (χ3n) is 2.58. The fourth-order valence-electron chi connectivity index (χ4n) is 1.80. The van der Waals surface area contributed by atoms with Gasteiger partial charge in [0.2, 0.25) is 10.0 Å². The van der Waals surface area contributed by atoms with Gasteiger partial charge in [0, 0.05) is 11.4 Å². The van der Waals surface area contributed by atoms with E-state index in [1.165, 1.54) is 12.1 Å². The highest BCUT2D eigenvalue weighted by atomic mass is 32.2. The molecular formula is C13H21NO5S2. The van der Waals surface area contributed by atoms with Gasteiger partial charge in [-0.1, -0.05) is 20.8 Å². The fourth-order valence-corrected chi connectivity index (χ4v) is 4.27. The predicted octanol–water partition coefficient (Wildman–Crippen LogP) is 1.45. The number of carbonyl (C=O) groups is 1. The molecule has 21 heavy (non-hydrogen) atoms. The SMILES string of the molecule is CC(C)(C)CC(O)CNS(=O)(=O)c1ccc(CC(=O)O)s1. The van der Waals surface area contributed by atoms with Crippen LogP contribution in [0.25, 0.3) is 0 Å². The van der Waals surface area contributed by atoms with Crippen molar-refractivity contribution in [3.05, 3.63) is 17.0 Å². The van der Waals surface area contributed by atoms with Gasteiger partial charge in [-0.25, -0.2) is 13.1 Å². The molecule has 0 aromatic carbocycles. The van der Waals surface area contributed by atoms with Crippen molar-refractivity contribution < 1.29 is 23.4 Å². The van der Waals surface area contributed by atoms with E-state index in [0.717, 1.165) is 11.3 Å². The molecule has 120 valence electrons. The van der Waals surface area contributed by atoms with Crippen molar-refractivity contribution >= 4 is 27.3 Å². The molecule has 0 saturated heterocycles. The molecule has 8 heteroatoms. The molecule has 0 aliphatic rings. The van der Waals surface area contributed by atoms with Crippen LogP contribution >= 0.6 is 11.3 Å². The molecule has 0 spiro atoms. The van der Waals surface area contributed by atoms with E-state index >= 15 is 0 Å². The van der Waals surface area contributed by atoms with Crippen LogP contribution in [0.5, 0.6) is 0 Å². The molecule has 0 aliphatic heterocycles. The molecular weight excluding hydrogens is 314 g/mol. The molecule has 1 atom stereocenters. The molecule has 1 aromatic heterocycles. The van der Waals surface area contributed by atoms with Gasteiger partial charge in [-0.15, -0.1) is 11.3 Å². The van der Waals surface area contributed by atoms with Gasteiger partial charge >= 0.3 is 5.97 Å². The first-order valence-corrected chi connectivity index (χ1v) is 8.78. The minimum absolute atomic E-state index is 0.0571. The molecule has 0 saturated carbocycles. The van der Waals surface area contributed by atoms with Crippen LogP contribution in [0.1, 0.15) is 32.1 Å². The van der Waals surface area contributed by atoms with Crippen molar-refractivity contribution in [1.29, 1.82) is 0 Å².